The van der Waals surface area contributed by atoms with Crippen molar-refractivity contribution in [2.45, 2.75) is 6.42 Å². The number of hydrogen-bond acceptors (Lipinski definition) is 3. The zero-order valence-corrected chi connectivity index (χ0v) is 6.95. The summed E-state index contributed by atoms with van der Waals surface area (Å²) in [5.74, 6) is 0.517. The number of phenolic OH excluding ortho intramolecular Hbond substituents is 1. The molecule has 0 aromatic heterocycles. The number of nitrogens with two attached hydrogens (primary N) is 1. The van der Waals surface area contributed by atoms with E-state index in [1.807, 2.05) is 0 Å². The molecule has 0 unspecified atom stereocenters. The summed E-state index contributed by atoms with van der Waals surface area (Å²) < 4.78 is 12.1. The Morgan fingerprint density at radius 1 is 1.67 bits per heavy atom. The van der Waals surface area contributed by atoms with Gasteiger partial charge in [0.05, 0.1) is 7.11 Å². The van der Waals surface area contributed by atoms with Crippen LogP contribution in [0.25, 0.3) is 0 Å². The van der Waals surface area contributed by atoms with Crippen LogP contribution >= 0.6 is 0 Å². The largest absolute Gasteiger partial charge is 0.504 e. The van der Waals surface area contributed by atoms with Gasteiger partial charge in [0.25, 0.3) is 0 Å². The molecule has 0 aliphatic heterocycles. The van der Waals surface area contributed by atoms with Crippen molar-refractivity contribution in [1.29, 1.82) is 0 Å². The highest BCUT2D eigenvalue weighted by Crippen LogP contribution is 2.26. The molecule has 0 spiro atoms. The molecule has 1 rings (SSSR count). The third-order valence-electron chi connectivity index (χ3n) is 1.60. The predicted molar refractivity (Wildman–Crippen MR) is 47.4 cm³/mol. The molecular weight excluding hydrogens is 154 g/mol. The molecule has 66 valence electrons. The molecule has 12 heavy (non-hydrogen) atoms. The standard InChI is InChI=1S/C9H13NO2/c1-12-9-6-7(4-5-10)2-3-8(9)11/h2-3,6,11H,4-5,10H2,1H3/i5T/t5-/m1/s1. The third-order valence-corrected chi connectivity index (χ3v) is 1.60. The van der Waals surface area contributed by atoms with E-state index in [1.165, 1.54) is 13.2 Å². The maximum Gasteiger partial charge on any atom is 0.160 e. The second kappa shape index (κ2) is 3.97. The molecule has 3 N–H and O–H groups in total. The smallest absolute Gasteiger partial charge is 0.160 e. The average molecular weight is 169 g/mol. The molecule has 0 radical (unpaired) electrons. The van der Waals surface area contributed by atoms with Crippen LogP contribution in [-0.2, 0) is 6.42 Å². The van der Waals surface area contributed by atoms with Gasteiger partial charge in [0.2, 0.25) is 0 Å². The molecular formula is C9H13NO2. The van der Waals surface area contributed by atoms with Crippen molar-refractivity contribution in [3.05, 3.63) is 23.8 Å². The van der Waals surface area contributed by atoms with Crippen molar-refractivity contribution in [3.63, 3.8) is 0 Å². The fourth-order valence-corrected chi connectivity index (χ4v) is 0.985. The Balaban J connectivity index is 2.86. The minimum absolute atomic E-state index is 0.102. The van der Waals surface area contributed by atoms with Crippen molar-refractivity contribution < 1.29 is 11.2 Å². The second-order valence-corrected chi connectivity index (χ2v) is 2.45. The van der Waals surface area contributed by atoms with E-state index in [1.54, 1.807) is 12.1 Å². The van der Waals surface area contributed by atoms with Gasteiger partial charge in [-0.25, -0.2) is 0 Å². The van der Waals surface area contributed by atoms with Gasteiger partial charge >= 0.3 is 0 Å². The fraction of sp³-hybridized carbons (Fsp3) is 0.333. The van der Waals surface area contributed by atoms with Gasteiger partial charge in [-0.1, -0.05) is 6.07 Å². The Labute approximate surface area is 73.2 Å². The Bertz CT molecular complexity index is 289. The highest BCUT2D eigenvalue weighted by Gasteiger charge is 2.00. The zero-order chi connectivity index (χ0) is 9.84. The summed E-state index contributed by atoms with van der Waals surface area (Å²) in [7, 11) is 1.49. The van der Waals surface area contributed by atoms with Crippen LogP contribution in [0.3, 0.4) is 0 Å². The number of aromatic hydroxyl groups is 1. The lowest BCUT2D eigenvalue weighted by molar-refractivity contribution is 0.373. The van der Waals surface area contributed by atoms with E-state index in [0.717, 1.165) is 5.56 Å². The Morgan fingerprint density at radius 3 is 3.00 bits per heavy atom. The maximum atomic E-state index is 9.27. The quantitative estimate of drug-likeness (QED) is 0.707. The van der Waals surface area contributed by atoms with Crippen LogP contribution in [0.2, 0.25) is 0 Å². The molecule has 0 aliphatic rings. The summed E-state index contributed by atoms with van der Waals surface area (Å²) in [5.41, 5.74) is 6.20. The molecule has 1 aromatic rings. The number of phenols is 1. The summed E-state index contributed by atoms with van der Waals surface area (Å²) in [6, 6.07) is 4.95. The monoisotopic (exact) mass is 169 g/mol. The van der Waals surface area contributed by atoms with Crippen LogP contribution in [0, 0.1) is 0 Å². The molecule has 1 atom stereocenters. The maximum absolute atomic E-state index is 9.27. The molecule has 0 aliphatic carbocycles. The van der Waals surface area contributed by atoms with Gasteiger partial charge in [0.1, 0.15) is 0 Å². The van der Waals surface area contributed by atoms with Crippen LogP contribution in [-0.4, -0.2) is 18.7 Å². The Hall–Kier alpha value is -1.22. The average Bonchev–Trinajstić information content (AvgIpc) is 2.07. The molecule has 0 bridgehead atoms. The lowest BCUT2D eigenvalue weighted by atomic mass is 10.1. The molecule has 1 aromatic carbocycles. The van der Waals surface area contributed by atoms with Crippen LogP contribution in [0.1, 0.15) is 6.93 Å². The van der Waals surface area contributed by atoms with Gasteiger partial charge < -0.3 is 15.6 Å². The van der Waals surface area contributed by atoms with Gasteiger partial charge in [0.15, 0.2) is 11.5 Å². The normalized spacial score (nSPS) is 13.7. The van der Waals surface area contributed by atoms with Crippen LogP contribution in [0.5, 0.6) is 11.5 Å². The van der Waals surface area contributed by atoms with E-state index in [4.69, 9.17) is 11.8 Å². The van der Waals surface area contributed by atoms with Crippen molar-refractivity contribution >= 4 is 0 Å². The second-order valence-electron chi connectivity index (χ2n) is 2.45. The van der Waals surface area contributed by atoms with Gasteiger partial charge in [-0.15, -0.1) is 0 Å². The topological polar surface area (TPSA) is 55.5 Å². The minimum Gasteiger partial charge on any atom is -0.504 e. The molecule has 0 saturated carbocycles. The summed E-state index contributed by atoms with van der Waals surface area (Å²) >= 11 is 0. The Kier molecular flexibility index (Phi) is 2.46. The van der Waals surface area contributed by atoms with Crippen molar-refractivity contribution in [1.82, 2.24) is 0 Å². The third kappa shape index (κ3) is 1.89. The van der Waals surface area contributed by atoms with E-state index in [2.05, 4.69) is 0 Å². The first-order valence-electron chi connectivity index (χ1n) is 4.25. The first-order valence-corrected chi connectivity index (χ1v) is 3.67. The van der Waals surface area contributed by atoms with E-state index < -0.39 is 6.52 Å². The number of hydrogen-bond donors (Lipinski definition) is 2. The van der Waals surface area contributed by atoms with Gasteiger partial charge in [0, 0.05) is 1.37 Å². The minimum atomic E-state index is -0.630. The molecule has 0 saturated heterocycles. The Morgan fingerprint density at radius 2 is 2.42 bits per heavy atom. The predicted octanol–water partition coefficient (Wildman–Crippen LogP) is 0.902. The van der Waals surface area contributed by atoms with Crippen molar-refractivity contribution in [2.75, 3.05) is 13.6 Å². The van der Waals surface area contributed by atoms with Gasteiger partial charge in [-0.05, 0) is 30.6 Å². The lowest BCUT2D eigenvalue weighted by Gasteiger charge is -2.05. The van der Waals surface area contributed by atoms with Crippen molar-refractivity contribution in [3.8, 4) is 11.5 Å². The highest BCUT2D eigenvalue weighted by atomic mass is 16.5. The van der Waals surface area contributed by atoms with E-state index in [-0.39, 0.29) is 5.75 Å². The lowest BCUT2D eigenvalue weighted by Crippen LogP contribution is -2.02. The summed E-state index contributed by atoms with van der Waals surface area (Å²) in [6.07, 6.45) is 0.455. The molecule has 0 heterocycles. The highest BCUT2D eigenvalue weighted by molar-refractivity contribution is 5.41. The first kappa shape index (κ1) is 7.43. The molecule has 0 fully saturated rings. The van der Waals surface area contributed by atoms with Gasteiger partial charge in [-0.3, -0.25) is 0 Å². The van der Waals surface area contributed by atoms with Crippen LogP contribution in [0.4, 0.5) is 0 Å². The summed E-state index contributed by atoms with van der Waals surface area (Å²) in [5, 5.41) is 9.27. The fourth-order valence-electron chi connectivity index (χ4n) is 0.985. The zero-order valence-electron chi connectivity index (χ0n) is 7.95. The number of aryl methyl sites for hydroxylation is 1. The van der Waals surface area contributed by atoms with E-state index >= 15 is 0 Å². The number of rotatable bonds is 3. The number of ether oxygens (including phenoxy) is 1. The van der Waals surface area contributed by atoms with Crippen LogP contribution < -0.4 is 10.5 Å². The molecule has 0 amide bonds. The van der Waals surface area contributed by atoms with E-state index in [9.17, 15) is 5.11 Å². The summed E-state index contributed by atoms with van der Waals surface area (Å²) in [4.78, 5) is 0. The van der Waals surface area contributed by atoms with E-state index in [0.29, 0.717) is 12.2 Å². The SMILES string of the molecule is [3H][C@@H](N)Cc1ccc(O)c(OC)c1. The molecule has 3 nitrogen and oxygen atoms in total. The molecule has 3 heteroatoms. The van der Waals surface area contributed by atoms with Crippen LogP contribution in [0.15, 0.2) is 18.2 Å². The van der Waals surface area contributed by atoms with Gasteiger partial charge in [-0.2, -0.15) is 0 Å². The summed E-state index contributed by atoms with van der Waals surface area (Å²) in [6.45, 7) is -0.630. The van der Waals surface area contributed by atoms with Crippen molar-refractivity contribution in [2.24, 2.45) is 5.73 Å². The number of methoxy groups -OCH3 is 1. The first-order chi connectivity index (χ1) is 6.13. The number of benzene rings is 1.